The molecule has 1 aromatic carbocycles. The first kappa shape index (κ1) is 22.4. The number of amides is 1. The smallest absolute Gasteiger partial charge is 0.226 e. The second-order valence-corrected chi connectivity index (χ2v) is 10.4. The van der Waals surface area contributed by atoms with Gasteiger partial charge in [0.1, 0.15) is 4.60 Å². The Balaban J connectivity index is 1.28. The highest BCUT2D eigenvalue weighted by Crippen LogP contribution is 2.57. The molecule has 2 bridgehead atoms. The normalized spacial score (nSPS) is 23.3. The summed E-state index contributed by atoms with van der Waals surface area (Å²) >= 11 is 3.56. The van der Waals surface area contributed by atoms with Gasteiger partial charge in [0.25, 0.3) is 0 Å². The molecule has 0 saturated heterocycles. The lowest BCUT2D eigenvalue weighted by atomic mass is 9.83. The summed E-state index contributed by atoms with van der Waals surface area (Å²) < 4.78 is 7.59. The van der Waals surface area contributed by atoms with Crippen LogP contribution in [-0.4, -0.2) is 56.4 Å². The third-order valence-corrected chi connectivity index (χ3v) is 8.09. The molecule has 9 nitrogen and oxygen atoms in total. The molecule has 3 aromatic heterocycles. The van der Waals surface area contributed by atoms with E-state index < -0.39 is 0 Å². The van der Waals surface area contributed by atoms with E-state index in [9.17, 15) is 4.79 Å². The third-order valence-electron chi connectivity index (χ3n) is 7.50. The van der Waals surface area contributed by atoms with Gasteiger partial charge in [0.15, 0.2) is 5.65 Å². The molecule has 180 valence electrons. The van der Waals surface area contributed by atoms with Gasteiger partial charge in [-0.2, -0.15) is 10.1 Å². The maximum Gasteiger partial charge on any atom is 0.226 e. The van der Waals surface area contributed by atoms with Crippen LogP contribution in [0.5, 0.6) is 0 Å². The second-order valence-electron chi connectivity index (χ2n) is 9.63. The molecule has 4 aromatic rings. The summed E-state index contributed by atoms with van der Waals surface area (Å²) in [6.45, 7) is 1.07. The molecule has 0 atom stereocenters. The summed E-state index contributed by atoms with van der Waals surface area (Å²) in [5, 5.41) is 13.2. The van der Waals surface area contributed by atoms with Gasteiger partial charge in [0, 0.05) is 37.0 Å². The van der Waals surface area contributed by atoms with Crippen LogP contribution in [0.15, 0.2) is 47.3 Å². The number of ether oxygens (including phenoxy) is 1. The zero-order valence-corrected chi connectivity index (χ0v) is 21.0. The van der Waals surface area contributed by atoms with Crippen LogP contribution in [0.25, 0.3) is 27.6 Å². The first-order valence-corrected chi connectivity index (χ1v) is 12.6. The predicted molar refractivity (Wildman–Crippen MR) is 136 cm³/mol. The van der Waals surface area contributed by atoms with Crippen molar-refractivity contribution in [2.75, 3.05) is 25.6 Å². The number of pyridine rings is 1. The van der Waals surface area contributed by atoms with Crippen molar-refractivity contribution in [2.24, 2.45) is 5.41 Å². The summed E-state index contributed by atoms with van der Waals surface area (Å²) in [5.41, 5.74) is 2.07. The highest BCUT2D eigenvalue weighted by molar-refractivity contribution is 9.10. The Morgan fingerprint density at radius 3 is 2.89 bits per heavy atom. The van der Waals surface area contributed by atoms with Crippen LogP contribution in [0, 0.1) is 5.41 Å². The van der Waals surface area contributed by atoms with Crippen LogP contribution in [0.1, 0.15) is 32.1 Å². The van der Waals surface area contributed by atoms with Crippen molar-refractivity contribution in [1.29, 1.82) is 0 Å². The van der Waals surface area contributed by atoms with E-state index in [1.807, 2.05) is 28.9 Å². The molecule has 10 heteroatoms. The fourth-order valence-corrected chi connectivity index (χ4v) is 6.12. The lowest BCUT2D eigenvalue weighted by Crippen LogP contribution is -2.39. The van der Waals surface area contributed by atoms with E-state index in [0.29, 0.717) is 29.4 Å². The van der Waals surface area contributed by atoms with Crippen molar-refractivity contribution < 1.29 is 9.53 Å². The first-order valence-electron chi connectivity index (χ1n) is 11.8. The number of anilines is 1. The number of carbonyl (C=O) groups is 1. The van der Waals surface area contributed by atoms with Crippen LogP contribution in [0.4, 0.5) is 5.95 Å². The molecule has 0 radical (unpaired) electrons. The van der Waals surface area contributed by atoms with E-state index in [1.54, 1.807) is 19.5 Å². The molecular formula is C25H26BrN7O2. The lowest BCUT2D eigenvalue weighted by molar-refractivity contribution is -0.130. The van der Waals surface area contributed by atoms with Crippen molar-refractivity contribution in [1.82, 2.24) is 30.0 Å². The predicted octanol–water partition coefficient (Wildman–Crippen LogP) is 4.00. The zero-order valence-electron chi connectivity index (χ0n) is 19.4. The average molecular weight is 536 g/mol. The molecule has 2 fully saturated rings. The number of rotatable bonds is 7. The minimum Gasteiger partial charge on any atom is -0.383 e. The fraction of sp³-hybridized carbons (Fsp3) is 0.400. The Bertz CT molecular complexity index is 1430. The van der Waals surface area contributed by atoms with Crippen molar-refractivity contribution in [3.63, 3.8) is 0 Å². The maximum atomic E-state index is 12.9. The van der Waals surface area contributed by atoms with Crippen LogP contribution in [0.2, 0.25) is 0 Å². The van der Waals surface area contributed by atoms with Gasteiger partial charge in [-0.15, -0.1) is 0 Å². The van der Waals surface area contributed by atoms with Gasteiger partial charge in [0.2, 0.25) is 11.9 Å². The van der Waals surface area contributed by atoms with Crippen molar-refractivity contribution in [3.8, 4) is 5.69 Å². The number of aromatic nitrogens is 5. The fourth-order valence-electron chi connectivity index (χ4n) is 5.68. The Kier molecular flexibility index (Phi) is 5.45. The topological polar surface area (TPSA) is 107 Å². The van der Waals surface area contributed by atoms with Gasteiger partial charge < -0.3 is 15.4 Å². The molecule has 0 unspecified atom stereocenters. The highest BCUT2D eigenvalue weighted by Gasteiger charge is 2.58. The molecule has 35 heavy (non-hydrogen) atoms. The number of hydrogen-bond donors (Lipinski definition) is 2. The summed E-state index contributed by atoms with van der Waals surface area (Å²) in [6, 6.07) is 9.99. The SMILES string of the molecule is COCCNC(=O)C12CCC(Nc3ncc4c(Br)nn(-c5ccc6ncccc6c5)c4n3)(CC1)C2. The van der Waals surface area contributed by atoms with Gasteiger partial charge in [-0.25, -0.2) is 9.67 Å². The molecule has 2 aliphatic rings. The lowest BCUT2D eigenvalue weighted by Gasteiger charge is -2.28. The molecule has 3 heterocycles. The number of methoxy groups -OCH3 is 1. The molecule has 0 aliphatic heterocycles. The number of halogens is 1. The van der Waals surface area contributed by atoms with Gasteiger partial charge >= 0.3 is 0 Å². The molecule has 2 aliphatic carbocycles. The van der Waals surface area contributed by atoms with Crippen LogP contribution in [0.3, 0.4) is 0 Å². The molecule has 0 spiro atoms. The standard InChI is InChI=1S/C25H26BrN7O2/c1-35-12-11-28-22(34)24-6-8-25(15-24,9-7-24)31-23-29-14-18-20(26)32-33(21(18)30-23)17-4-5-19-16(13-17)3-2-10-27-19/h2-5,10,13-14H,6-9,11-12,15H2,1H3,(H,28,34)(H,29,30,31). The largest absolute Gasteiger partial charge is 0.383 e. The van der Waals surface area contributed by atoms with Crippen molar-refractivity contribution in [2.45, 2.75) is 37.6 Å². The van der Waals surface area contributed by atoms with Gasteiger partial charge in [-0.3, -0.25) is 9.78 Å². The van der Waals surface area contributed by atoms with Crippen LogP contribution in [-0.2, 0) is 9.53 Å². The maximum absolute atomic E-state index is 12.9. The van der Waals surface area contributed by atoms with E-state index in [2.05, 4.69) is 47.7 Å². The summed E-state index contributed by atoms with van der Waals surface area (Å²) in [5.74, 6) is 0.700. The number of benzene rings is 1. The number of nitrogens with zero attached hydrogens (tertiary/aromatic N) is 5. The monoisotopic (exact) mass is 535 g/mol. The summed E-state index contributed by atoms with van der Waals surface area (Å²) in [4.78, 5) is 26.8. The Morgan fingerprint density at radius 1 is 1.20 bits per heavy atom. The van der Waals surface area contributed by atoms with E-state index in [1.165, 1.54) is 0 Å². The Labute approximate surface area is 210 Å². The van der Waals surface area contributed by atoms with E-state index >= 15 is 0 Å². The minimum absolute atomic E-state index is 0.139. The first-order chi connectivity index (χ1) is 17.0. The van der Waals surface area contributed by atoms with E-state index in [-0.39, 0.29) is 16.9 Å². The van der Waals surface area contributed by atoms with Crippen molar-refractivity contribution in [3.05, 3.63) is 47.3 Å². The van der Waals surface area contributed by atoms with Crippen LogP contribution < -0.4 is 10.6 Å². The quantitative estimate of drug-likeness (QED) is 0.344. The molecule has 2 N–H and O–H groups in total. The minimum atomic E-state index is -0.311. The van der Waals surface area contributed by atoms with Crippen LogP contribution >= 0.6 is 15.9 Å². The van der Waals surface area contributed by atoms with E-state index in [4.69, 9.17) is 9.72 Å². The van der Waals surface area contributed by atoms with Crippen molar-refractivity contribution >= 4 is 49.7 Å². The Hall–Kier alpha value is -3.11. The van der Waals surface area contributed by atoms with Gasteiger partial charge in [0.05, 0.1) is 28.6 Å². The molecule has 2 saturated carbocycles. The average Bonchev–Trinajstić information content (AvgIpc) is 3.54. The molecule has 6 rings (SSSR count). The van der Waals surface area contributed by atoms with E-state index in [0.717, 1.165) is 54.1 Å². The summed E-state index contributed by atoms with van der Waals surface area (Å²) in [7, 11) is 1.64. The second kappa shape index (κ2) is 8.53. The number of hydrogen-bond acceptors (Lipinski definition) is 7. The summed E-state index contributed by atoms with van der Waals surface area (Å²) in [6.07, 6.45) is 7.97. The van der Waals surface area contributed by atoms with Gasteiger partial charge in [-0.05, 0) is 72.3 Å². The molecule has 1 amide bonds. The highest BCUT2D eigenvalue weighted by atomic mass is 79.9. The molecular weight excluding hydrogens is 510 g/mol. The zero-order chi connectivity index (χ0) is 24.0. The number of fused-ring (bicyclic) bond motifs is 4. The Morgan fingerprint density at radius 2 is 2.06 bits per heavy atom. The number of carbonyl (C=O) groups excluding carboxylic acids is 1. The van der Waals surface area contributed by atoms with Gasteiger partial charge in [-0.1, -0.05) is 6.07 Å². The third kappa shape index (κ3) is 3.84. The number of nitrogens with one attached hydrogen (secondary N) is 2.